The summed E-state index contributed by atoms with van der Waals surface area (Å²) in [5.74, 6) is -0.882. The maximum Gasteiger partial charge on any atom is 0.326 e. The molecule has 0 aromatic heterocycles. The fourth-order valence-electron chi connectivity index (χ4n) is 5.09. The van der Waals surface area contributed by atoms with Crippen molar-refractivity contribution in [2.75, 3.05) is 26.6 Å². The summed E-state index contributed by atoms with van der Waals surface area (Å²) in [5.41, 5.74) is 2.57. The molecule has 41 heavy (non-hydrogen) atoms. The molecule has 2 aromatic rings. The predicted octanol–water partition coefficient (Wildman–Crippen LogP) is 3.28. The fourth-order valence-corrected chi connectivity index (χ4v) is 5.09. The molecule has 0 heterocycles. The second-order valence-electron chi connectivity index (χ2n) is 10.2. The summed E-state index contributed by atoms with van der Waals surface area (Å²) in [7, 11) is 4.57. The molecule has 11 nitrogen and oxygen atoms in total. The number of anilines is 1. The molecule has 0 bridgehead atoms. The van der Waals surface area contributed by atoms with Crippen molar-refractivity contribution in [2.45, 2.75) is 65.1 Å². The average molecular weight is 570 g/mol. The molecule has 0 unspecified atom stereocenters. The molecule has 3 rings (SSSR count). The van der Waals surface area contributed by atoms with Crippen LogP contribution in [0.2, 0.25) is 0 Å². The number of amides is 2. The van der Waals surface area contributed by atoms with Crippen molar-refractivity contribution in [1.29, 1.82) is 0 Å². The van der Waals surface area contributed by atoms with Crippen LogP contribution in [-0.2, 0) is 20.8 Å². The van der Waals surface area contributed by atoms with E-state index in [1.54, 1.807) is 26.0 Å². The molecule has 0 radical (unpaired) electrons. The minimum atomic E-state index is -1.12. The van der Waals surface area contributed by atoms with Crippen LogP contribution < -0.4 is 35.6 Å². The van der Waals surface area contributed by atoms with Crippen molar-refractivity contribution in [2.24, 2.45) is 5.92 Å². The van der Waals surface area contributed by atoms with Crippen molar-refractivity contribution in [3.8, 4) is 28.4 Å². The number of hydrogen-bond donors (Lipinski definition) is 4. The van der Waals surface area contributed by atoms with Gasteiger partial charge in [-0.15, -0.1) is 0 Å². The summed E-state index contributed by atoms with van der Waals surface area (Å²) in [6, 6.07) is 4.20. The number of benzene rings is 1. The number of carboxylic acids is 1. The van der Waals surface area contributed by atoms with Gasteiger partial charge in [0, 0.05) is 12.5 Å². The smallest absolute Gasteiger partial charge is 0.326 e. The topological polar surface area (TPSA) is 152 Å². The van der Waals surface area contributed by atoms with E-state index in [-0.39, 0.29) is 17.5 Å². The normalized spacial score (nSPS) is 16.0. The highest BCUT2D eigenvalue weighted by atomic mass is 16.5. The number of ether oxygens (including phenoxy) is 3. The van der Waals surface area contributed by atoms with Gasteiger partial charge in [-0.1, -0.05) is 26.3 Å². The molecule has 2 amide bonds. The van der Waals surface area contributed by atoms with E-state index in [0.29, 0.717) is 53.2 Å². The Hall–Kier alpha value is -4.28. The zero-order valence-corrected chi connectivity index (χ0v) is 24.5. The highest BCUT2D eigenvalue weighted by Crippen LogP contribution is 2.50. The molecular formula is C30H39N3O8. The molecule has 0 aliphatic heterocycles. The number of methoxy groups -OCH3 is 3. The van der Waals surface area contributed by atoms with Gasteiger partial charge >= 0.3 is 5.97 Å². The van der Waals surface area contributed by atoms with Crippen LogP contribution in [0, 0.1) is 5.92 Å². The maximum absolute atomic E-state index is 13.5. The van der Waals surface area contributed by atoms with E-state index in [0.717, 1.165) is 5.56 Å². The van der Waals surface area contributed by atoms with Crippen LogP contribution >= 0.6 is 0 Å². The number of carbonyl (C=O) groups excluding carboxylic acids is 2. The number of carboxylic acid groups (broad SMARTS) is 1. The first-order valence-electron chi connectivity index (χ1n) is 13.5. The molecule has 222 valence electrons. The molecule has 1 aliphatic carbocycles. The largest absolute Gasteiger partial charge is 0.493 e. The van der Waals surface area contributed by atoms with Crippen molar-refractivity contribution in [3.05, 3.63) is 45.6 Å². The summed E-state index contributed by atoms with van der Waals surface area (Å²) in [5, 5.41) is 18.0. The Balaban J connectivity index is 2.13. The van der Waals surface area contributed by atoms with Crippen LogP contribution in [0.15, 0.2) is 29.1 Å². The highest BCUT2D eigenvalue weighted by molar-refractivity contribution is 5.89. The fraction of sp³-hybridized carbons (Fsp3) is 0.467. The predicted molar refractivity (Wildman–Crippen MR) is 155 cm³/mol. The summed E-state index contributed by atoms with van der Waals surface area (Å²) in [6.07, 6.45) is 1.64. The quantitative estimate of drug-likeness (QED) is 0.319. The third kappa shape index (κ3) is 6.72. The monoisotopic (exact) mass is 569 g/mol. The Morgan fingerprint density at radius 3 is 2.29 bits per heavy atom. The van der Waals surface area contributed by atoms with Crippen LogP contribution in [-0.4, -0.2) is 56.3 Å². The van der Waals surface area contributed by atoms with Gasteiger partial charge < -0.3 is 35.3 Å². The van der Waals surface area contributed by atoms with E-state index in [4.69, 9.17) is 14.2 Å². The molecule has 1 aliphatic rings. The van der Waals surface area contributed by atoms with E-state index < -0.39 is 35.4 Å². The molecule has 4 N–H and O–H groups in total. The number of fused-ring (bicyclic) bond motifs is 3. The molecular weight excluding hydrogens is 530 g/mol. The van der Waals surface area contributed by atoms with Crippen molar-refractivity contribution in [3.63, 3.8) is 0 Å². The van der Waals surface area contributed by atoms with Gasteiger partial charge in [-0.25, -0.2) is 4.79 Å². The Morgan fingerprint density at radius 1 is 1.05 bits per heavy atom. The van der Waals surface area contributed by atoms with E-state index >= 15 is 0 Å². The van der Waals surface area contributed by atoms with Crippen molar-refractivity contribution < 1.29 is 33.7 Å². The zero-order chi connectivity index (χ0) is 30.4. The number of nitrogens with one attached hydrogen (secondary N) is 3. The first kappa shape index (κ1) is 31.3. The average Bonchev–Trinajstić information content (AvgIpc) is 3.18. The van der Waals surface area contributed by atoms with Gasteiger partial charge in [-0.2, -0.15) is 0 Å². The number of aryl methyl sites for hydroxylation is 1. The van der Waals surface area contributed by atoms with E-state index in [1.807, 2.05) is 13.0 Å². The lowest BCUT2D eigenvalue weighted by molar-refractivity contribution is -0.143. The van der Waals surface area contributed by atoms with Gasteiger partial charge in [0.1, 0.15) is 12.1 Å². The van der Waals surface area contributed by atoms with E-state index in [9.17, 15) is 24.3 Å². The Morgan fingerprint density at radius 2 is 1.73 bits per heavy atom. The number of aliphatic carboxylic acids is 1. The lowest BCUT2D eigenvalue weighted by Crippen LogP contribution is -2.49. The number of rotatable bonds is 11. The summed E-state index contributed by atoms with van der Waals surface area (Å²) < 4.78 is 16.9. The minimum Gasteiger partial charge on any atom is -0.493 e. The first-order chi connectivity index (χ1) is 19.5. The number of hydrogen-bond acceptors (Lipinski definition) is 8. The van der Waals surface area contributed by atoms with Crippen LogP contribution in [0.4, 0.5) is 5.69 Å². The molecule has 4 atom stereocenters. The summed E-state index contributed by atoms with van der Waals surface area (Å²) in [6.45, 7) is 6.57. The lowest BCUT2D eigenvalue weighted by atomic mass is 9.95. The summed E-state index contributed by atoms with van der Waals surface area (Å²) >= 11 is 0. The van der Waals surface area contributed by atoms with Crippen LogP contribution in [0.3, 0.4) is 0 Å². The molecule has 0 saturated heterocycles. The maximum atomic E-state index is 13.5. The molecule has 0 spiro atoms. The second-order valence-corrected chi connectivity index (χ2v) is 10.2. The number of carbonyl (C=O) groups is 3. The van der Waals surface area contributed by atoms with Gasteiger partial charge in [0.05, 0.1) is 33.1 Å². The summed E-state index contributed by atoms with van der Waals surface area (Å²) in [4.78, 5) is 50.2. The third-order valence-corrected chi connectivity index (χ3v) is 7.46. The second kappa shape index (κ2) is 13.4. The SMILES string of the molecule is CC[C@@H](C)[C@H](NC(=O)[C@H](C)Nc1ccc2c(cc1=O)[C@@H](NC(C)=O)CCc1cc(OC)c(OC)c(OC)c1-2)C(=O)O. The molecule has 11 heteroatoms. The minimum absolute atomic E-state index is 0.138. The van der Waals surface area contributed by atoms with Gasteiger partial charge in [-0.3, -0.25) is 14.4 Å². The van der Waals surface area contributed by atoms with Gasteiger partial charge in [0.25, 0.3) is 0 Å². The van der Waals surface area contributed by atoms with E-state index in [2.05, 4.69) is 16.0 Å². The van der Waals surface area contributed by atoms with Gasteiger partial charge in [0.15, 0.2) is 11.5 Å². The van der Waals surface area contributed by atoms with Crippen LogP contribution in [0.25, 0.3) is 11.1 Å². The van der Waals surface area contributed by atoms with Gasteiger partial charge in [0.2, 0.25) is 23.0 Å². The third-order valence-electron chi connectivity index (χ3n) is 7.46. The standard InChI is InChI=1S/C30H39N3O8/c1-8-15(2)26(30(37)38)33-29(36)16(3)31-22-12-10-19-20(14-23(22)35)21(32-17(4)34)11-9-18-13-24(39-5)27(40-6)28(41-7)25(18)19/h10,12-16,21,26H,8-9,11H2,1-7H3,(H,31,35)(H,32,34)(H,33,36)(H,37,38)/t15-,16+,21+,26+/m1/s1. The van der Waals surface area contributed by atoms with E-state index in [1.165, 1.54) is 34.3 Å². The Kier molecular flexibility index (Phi) is 10.2. The Labute approximate surface area is 239 Å². The molecule has 0 fully saturated rings. The van der Waals surface area contributed by atoms with Gasteiger partial charge in [-0.05, 0) is 60.6 Å². The Bertz CT molecular complexity index is 1380. The van der Waals surface area contributed by atoms with Crippen molar-refractivity contribution in [1.82, 2.24) is 10.6 Å². The lowest BCUT2D eigenvalue weighted by Gasteiger charge is -2.22. The molecule has 0 saturated carbocycles. The van der Waals surface area contributed by atoms with Crippen LogP contribution in [0.5, 0.6) is 17.2 Å². The zero-order valence-electron chi connectivity index (χ0n) is 24.5. The first-order valence-corrected chi connectivity index (χ1v) is 13.5. The highest BCUT2D eigenvalue weighted by Gasteiger charge is 2.30. The van der Waals surface area contributed by atoms with Crippen molar-refractivity contribution >= 4 is 23.5 Å². The van der Waals surface area contributed by atoms with Crippen LogP contribution in [0.1, 0.15) is 57.7 Å². The molecule has 2 aromatic carbocycles.